The first-order valence-corrected chi connectivity index (χ1v) is 15.3. The molecule has 0 saturated carbocycles. The normalized spacial score (nSPS) is 12.4. The number of unbranched alkanes of at least 4 members (excludes halogenated alkanes) is 18. The van der Waals surface area contributed by atoms with Gasteiger partial charge < -0.3 is 15.5 Å². The number of rotatable bonds is 29. The zero-order chi connectivity index (χ0) is 26.5. The minimum atomic E-state index is -0.448. The van der Waals surface area contributed by atoms with Gasteiger partial charge in [-0.25, -0.2) is 0 Å². The fourth-order valence-corrected chi connectivity index (χ4v) is 4.40. The van der Waals surface area contributed by atoms with Crippen molar-refractivity contribution in [2.75, 3.05) is 26.4 Å². The number of hydrogen-bond acceptors (Lipinski definition) is 6. The van der Waals surface area contributed by atoms with Crippen LogP contribution in [0.25, 0.3) is 0 Å². The summed E-state index contributed by atoms with van der Waals surface area (Å²) in [6, 6.07) is 0. The molecule has 0 aliphatic rings. The molecule has 0 rings (SSSR count). The molecule has 216 valence electrons. The molecule has 0 fully saturated rings. The van der Waals surface area contributed by atoms with Gasteiger partial charge in [0.05, 0.1) is 26.4 Å². The SMILES string of the molecule is CCCCCCCCCCCCCCCCCCCCCC(=O)NC(CC)N(OCCO)OCCO. The van der Waals surface area contributed by atoms with Crippen LogP contribution in [-0.2, 0) is 14.5 Å². The molecule has 7 heteroatoms. The highest BCUT2D eigenvalue weighted by Crippen LogP contribution is 2.15. The molecule has 1 atom stereocenters. The van der Waals surface area contributed by atoms with Crippen molar-refractivity contribution in [2.24, 2.45) is 0 Å². The summed E-state index contributed by atoms with van der Waals surface area (Å²) in [6.07, 6.45) is 26.0. The van der Waals surface area contributed by atoms with E-state index in [0.29, 0.717) is 12.8 Å². The van der Waals surface area contributed by atoms with Gasteiger partial charge in [-0.2, -0.15) is 0 Å². The topological polar surface area (TPSA) is 91.3 Å². The van der Waals surface area contributed by atoms with Gasteiger partial charge in [0.25, 0.3) is 0 Å². The third-order valence-electron chi connectivity index (χ3n) is 6.60. The number of aliphatic hydroxyl groups excluding tert-OH is 2. The number of carbonyl (C=O) groups is 1. The monoisotopic (exact) mass is 516 g/mol. The highest BCUT2D eigenvalue weighted by atomic mass is 17.0. The van der Waals surface area contributed by atoms with Crippen molar-refractivity contribution in [3.8, 4) is 0 Å². The van der Waals surface area contributed by atoms with E-state index in [1.54, 1.807) is 0 Å². The van der Waals surface area contributed by atoms with E-state index in [2.05, 4.69) is 12.2 Å². The van der Waals surface area contributed by atoms with Gasteiger partial charge >= 0.3 is 0 Å². The Kier molecular flexibility index (Phi) is 28.3. The minimum absolute atomic E-state index is 0.0287. The van der Waals surface area contributed by atoms with Crippen molar-refractivity contribution < 1.29 is 24.7 Å². The summed E-state index contributed by atoms with van der Waals surface area (Å²) in [6.45, 7) is 4.03. The zero-order valence-corrected chi connectivity index (χ0v) is 23.8. The van der Waals surface area contributed by atoms with Crippen LogP contribution in [0.1, 0.15) is 149 Å². The molecule has 0 aliphatic carbocycles. The Hall–Kier alpha value is -0.730. The summed E-state index contributed by atoms with van der Waals surface area (Å²) in [5, 5.41) is 22.0. The Bertz CT molecular complexity index is 445. The van der Waals surface area contributed by atoms with Gasteiger partial charge in [0.1, 0.15) is 6.17 Å². The van der Waals surface area contributed by atoms with E-state index >= 15 is 0 Å². The van der Waals surface area contributed by atoms with Gasteiger partial charge in [0.2, 0.25) is 5.91 Å². The van der Waals surface area contributed by atoms with Gasteiger partial charge in [-0.05, 0) is 18.1 Å². The Labute approximate surface area is 222 Å². The van der Waals surface area contributed by atoms with Crippen LogP contribution in [-0.4, -0.2) is 53.9 Å². The highest BCUT2D eigenvalue weighted by molar-refractivity contribution is 5.76. The molecular weight excluding hydrogens is 456 g/mol. The molecule has 0 bridgehead atoms. The van der Waals surface area contributed by atoms with E-state index in [4.69, 9.17) is 19.9 Å². The maximum Gasteiger partial charge on any atom is 0.221 e. The largest absolute Gasteiger partial charge is 0.394 e. The van der Waals surface area contributed by atoms with Gasteiger partial charge in [-0.1, -0.05) is 129 Å². The van der Waals surface area contributed by atoms with Gasteiger partial charge in [-0.15, -0.1) is 0 Å². The second-order valence-electron chi connectivity index (χ2n) is 10.0. The first kappa shape index (κ1) is 35.3. The van der Waals surface area contributed by atoms with Crippen LogP contribution in [0.15, 0.2) is 0 Å². The number of nitrogens with zero attached hydrogens (tertiary/aromatic N) is 1. The molecule has 3 N–H and O–H groups in total. The Morgan fingerprint density at radius 3 is 1.33 bits per heavy atom. The van der Waals surface area contributed by atoms with E-state index in [-0.39, 0.29) is 32.3 Å². The molecule has 36 heavy (non-hydrogen) atoms. The van der Waals surface area contributed by atoms with E-state index < -0.39 is 6.17 Å². The Balaban J connectivity index is 3.54. The first-order valence-electron chi connectivity index (χ1n) is 15.3. The highest BCUT2D eigenvalue weighted by Gasteiger charge is 2.20. The number of amides is 1. The first-order chi connectivity index (χ1) is 17.7. The molecule has 7 nitrogen and oxygen atoms in total. The zero-order valence-electron chi connectivity index (χ0n) is 23.8. The molecular formula is C29H60N2O5. The summed E-state index contributed by atoms with van der Waals surface area (Å²) in [4.78, 5) is 23.0. The second kappa shape index (κ2) is 28.8. The summed E-state index contributed by atoms with van der Waals surface area (Å²) >= 11 is 0. The van der Waals surface area contributed by atoms with Gasteiger partial charge in [-0.3, -0.25) is 14.5 Å². The van der Waals surface area contributed by atoms with Crippen molar-refractivity contribution in [1.82, 2.24) is 10.5 Å². The average molecular weight is 517 g/mol. The van der Waals surface area contributed by atoms with E-state index in [9.17, 15) is 4.79 Å². The standard InChI is InChI=1S/C29H60N2O5/c1-3-5-6-7-8-9-10-11-12-13-14-15-16-17-18-19-20-21-22-23-29(34)30-28(4-2)31(35-26-24-32)36-27-25-33/h28,32-33H,3-27H2,1-2H3,(H,30,34). The van der Waals surface area contributed by atoms with Crippen molar-refractivity contribution >= 4 is 5.91 Å². The molecule has 0 aliphatic heterocycles. The fourth-order valence-electron chi connectivity index (χ4n) is 4.40. The quantitative estimate of drug-likeness (QED) is 0.0574. The third kappa shape index (κ3) is 23.7. The molecule has 1 unspecified atom stereocenters. The van der Waals surface area contributed by atoms with Gasteiger partial charge in [0, 0.05) is 6.42 Å². The van der Waals surface area contributed by atoms with Crippen LogP contribution < -0.4 is 5.32 Å². The molecule has 0 aromatic heterocycles. The second-order valence-corrected chi connectivity index (χ2v) is 10.0. The summed E-state index contributed by atoms with van der Waals surface area (Å²) < 4.78 is 0. The number of nitrogens with one attached hydrogen (secondary N) is 1. The molecule has 1 amide bonds. The van der Waals surface area contributed by atoms with Crippen molar-refractivity contribution in [1.29, 1.82) is 0 Å². The Morgan fingerprint density at radius 2 is 1.00 bits per heavy atom. The fraction of sp³-hybridized carbons (Fsp3) is 0.966. The molecule has 0 saturated heterocycles. The average Bonchev–Trinajstić information content (AvgIpc) is 2.89. The molecule has 0 aromatic rings. The van der Waals surface area contributed by atoms with Crippen molar-refractivity contribution in [3.05, 3.63) is 0 Å². The van der Waals surface area contributed by atoms with E-state index in [1.807, 2.05) is 6.92 Å². The van der Waals surface area contributed by atoms with Crippen LogP contribution in [0.4, 0.5) is 0 Å². The summed E-state index contributed by atoms with van der Waals surface area (Å²) in [5.74, 6) is -0.0287. The lowest BCUT2D eigenvalue weighted by Gasteiger charge is -2.29. The predicted octanol–water partition coefficient (Wildman–Crippen LogP) is 6.81. The minimum Gasteiger partial charge on any atom is -0.394 e. The summed E-state index contributed by atoms with van der Waals surface area (Å²) in [5.41, 5.74) is 0. The summed E-state index contributed by atoms with van der Waals surface area (Å²) in [7, 11) is 0. The Morgan fingerprint density at radius 1 is 0.639 bits per heavy atom. The van der Waals surface area contributed by atoms with Crippen LogP contribution in [0.3, 0.4) is 0 Å². The lowest BCUT2D eigenvalue weighted by Crippen LogP contribution is -2.48. The maximum absolute atomic E-state index is 12.3. The molecule has 0 aromatic carbocycles. The smallest absolute Gasteiger partial charge is 0.221 e. The van der Waals surface area contributed by atoms with Crippen LogP contribution in [0.5, 0.6) is 0 Å². The van der Waals surface area contributed by atoms with E-state index in [0.717, 1.165) is 12.8 Å². The third-order valence-corrected chi connectivity index (χ3v) is 6.60. The lowest BCUT2D eigenvalue weighted by molar-refractivity contribution is -0.394. The van der Waals surface area contributed by atoms with Crippen LogP contribution in [0.2, 0.25) is 0 Å². The molecule has 0 spiro atoms. The van der Waals surface area contributed by atoms with Crippen LogP contribution >= 0.6 is 0 Å². The molecule has 0 radical (unpaired) electrons. The maximum atomic E-state index is 12.3. The van der Waals surface area contributed by atoms with E-state index in [1.165, 1.54) is 114 Å². The number of aliphatic hydroxyl groups is 2. The van der Waals surface area contributed by atoms with Gasteiger partial charge in [0.15, 0.2) is 0 Å². The van der Waals surface area contributed by atoms with Crippen molar-refractivity contribution in [2.45, 2.75) is 155 Å². The number of hydroxylamine groups is 2. The predicted molar refractivity (Wildman–Crippen MR) is 148 cm³/mol. The van der Waals surface area contributed by atoms with Crippen molar-refractivity contribution in [3.63, 3.8) is 0 Å². The molecule has 0 heterocycles. The number of hydrogen-bond donors (Lipinski definition) is 3. The lowest BCUT2D eigenvalue weighted by atomic mass is 10.0. The number of carbonyl (C=O) groups excluding carboxylic acids is 1. The van der Waals surface area contributed by atoms with Crippen LogP contribution in [0, 0.1) is 0 Å².